The molecular formula is C32H35BrClNO5S. The molecule has 41 heavy (non-hydrogen) atoms. The van der Waals surface area contributed by atoms with E-state index in [1.54, 1.807) is 18.2 Å². The van der Waals surface area contributed by atoms with Gasteiger partial charge in [0.1, 0.15) is 11.4 Å². The third-order valence-electron chi connectivity index (χ3n) is 8.10. The van der Waals surface area contributed by atoms with Gasteiger partial charge in [-0.2, -0.15) is 0 Å². The Hall–Kier alpha value is -2.39. The Morgan fingerprint density at radius 3 is 2.49 bits per heavy atom. The molecule has 0 aromatic heterocycles. The molecule has 1 fully saturated rings. The third kappa shape index (κ3) is 6.36. The van der Waals surface area contributed by atoms with Gasteiger partial charge in [0.25, 0.3) is 10.0 Å². The number of carbonyl (C=O) groups excluding carboxylic acids is 1. The molecule has 9 heteroatoms. The fourth-order valence-corrected chi connectivity index (χ4v) is 7.65. The van der Waals surface area contributed by atoms with Crippen molar-refractivity contribution in [1.82, 2.24) is 4.72 Å². The number of carbonyl (C=O) groups is 1. The first-order valence-corrected chi connectivity index (χ1v) is 16.3. The molecule has 0 bridgehead atoms. The maximum absolute atomic E-state index is 13.8. The number of hydrogen-bond donors (Lipinski definition) is 1. The molecule has 0 aliphatic carbocycles. The van der Waals surface area contributed by atoms with Gasteiger partial charge in [-0.25, -0.2) is 13.1 Å². The minimum atomic E-state index is -4.10. The summed E-state index contributed by atoms with van der Waals surface area (Å²) in [4.78, 5) is 13.8. The van der Waals surface area contributed by atoms with Crippen LogP contribution in [0.2, 0.25) is 5.02 Å². The van der Waals surface area contributed by atoms with Crippen molar-refractivity contribution in [3.63, 3.8) is 0 Å². The monoisotopic (exact) mass is 659 g/mol. The Morgan fingerprint density at radius 1 is 1.07 bits per heavy atom. The van der Waals surface area contributed by atoms with Crippen LogP contribution < -0.4 is 9.46 Å². The molecule has 1 N–H and O–H groups in total. The lowest BCUT2D eigenvalue weighted by atomic mass is 9.70. The van der Waals surface area contributed by atoms with Crippen molar-refractivity contribution in [3.05, 3.63) is 92.9 Å². The van der Waals surface area contributed by atoms with Crippen LogP contribution in [0.4, 0.5) is 0 Å². The van der Waals surface area contributed by atoms with Gasteiger partial charge in [0, 0.05) is 21.0 Å². The van der Waals surface area contributed by atoms with E-state index in [0.717, 1.165) is 22.4 Å². The molecule has 218 valence electrons. The zero-order chi connectivity index (χ0) is 29.7. The molecular weight excluding hydrogens is 626 g/mol. The number of hydrogen-bond acceptors (Lipinski definition) is 5. The molecule has 4 atom stereocenters. The summed E-state index contributed by atoms with van der Waals surface area (Å²) in [5, 5.41) is 0.585. The molecule has 2 aliphatic heterocycles. The van der Waals surface area contributed by atoms with Crippen molar-refractivity contribution in [2.24, 2.45) is 11.8 Å². The second-order valence-electron chi connectivity index (χ2n) is 12.5. The van der Waals surface area contributed by atoms with Gasteiger partial charge in [-0.05, 0) is 79.6 Å². The van der Waals surface area contributed by atoms with E-state index in [1.165, 1.54) is 12.1 Å². The summed E-state index contributed by atoms with van der Waals surface area (Å²) in [5.74, 6) is -0.740. The minimum Gasteiger partial charge on any atom is -0.487 e. The Labute approximate surface area is 256 Å². The zero-order valence-corrected chi connectivity index (χ0v) is 26.9. The number of fused-ring (bicyclic) bond motifs is 3. The lowest BCUT2D eigenvalue weighted by Gasteiger charge is -2.51. The van der Waals surface area contributed by atoms with Gasteiger partial charge in [-0.3, -0.25) is 4.79 Å². The normalized spacial score (nSPS) is 23.6. The molecule has 6 nitrogen and oxygen atoms in total. The van der Waals surface area contributed by atoms with E-state index < -0.39 is 33.6 Å². The number of benzene rings is 3. The number of rotatable bonds is 5. The Bertz CT molecular complexity index is 1580. The van der Waals surface area contributed by atoms with Crippen molar-refractivity contribution in [3.8, 4) is 5.75 Å². The molecule has 2 heterocycles. The number of halogens is 2. The second kappa shape index (κ2) is 11.0. The zero-order valence-electron chi connectivity index (χ0n) is 23.8. The van der Waals surface area contributed by atoms with E-state index in [0.29, 0.717) is 22.3 Å². The summed E-state index contributed by atoms with van der Waals surface area (Å²) in [5.41, 5.74) is 2.30. The van der Waals surface area contributed by atoms with Crippen LogP contribution in [0.25, 0.3) is 0 Å². The van der Waals surface area contributed by atoms with Crippen LogP contribution in [0.5, 0.6) is 5.75 Å². The van der Waals surface area contributed by atoms with Gasteiger partial charge >= 0.3 is 0 Å². The van der Waals surface area contributed by atoms with Crippen molar-refractivity contribution < 1.29 is 22.7 Å². The highest BCUT2D eigenvalue weighted by molar-refractivity contribution is 9.10. The molecule has 3 aromatic carbocycles. The largest absolute Gasteiger partial charge is 0.487 e. The standard InChI is InChI=1S/C32H35BrClNO5S/c1-31(2,3)20-12-13-24-28(16-20)40-32(4,5)26-18-25(27(39-29(24)26)15-19-8-6-10-22(34)14-19)30(36)35-41(37,38)23-11-7-9-21(33)17-23/h6-14,16-17,25-27,29H,15,18H2,1-5H3,(H,35,36)/t25-,26-,27-,29+/m0/s1. The van der Waals surface area contributed by atoms with Crippen LogP contribution in [-0.2, 0) is 31.4 Å². The van der Waals surface area contributed by atoms with E-state index in [9.17, 15) is 13.2 Å². The molecule has 5 rings (SSSR count). The number of amides is 1. The van der Waals surface area contributed by atoms with Gasteiger partial charge < -0.3 is 9.47 Å². The molecule has 1 amide bonds. The first kappa shape index (κ1) is 30.1. The van der Waals surface area contributed by atoms with Gasteiger partial charge in [0.2, 0.25) is 5.91 Å². The van der Waals surface area contributed by atoms with Crippen molar-refractivity contribution in [2.45, 2.75) is 75.6 Å². The summed E-state index contributed by atoms with van der Waals surface area (Å²) in [6, 6.07) is 20.0. The highest BCUT2D eigenvalue weighted by Gasteiger charge is 2.52. The van der Waals surface area contributed by atoms with Gasteiger partial charge in [-0.15, -0.1) is 0 Å². The highest BCUT2D eigenvalue weighted by Crippen LogP contribution is 2.53. The van der Waals surface area contributed by atoms with Crippen molar-refractivity contribution in [2.75, 3.05) is 0 Å². The van der Waals surface area contributed by atoms with Gasteiger partial charge in [0.15, 0.2) is 0 Å². The van der Waals surface area contributed by atoms with Crippen LogP contribution in [0.15, 0.2) is 76.1 Å². The molecule has 0 saturated carbocycles. The first-order valence-electron chi connectivity index (χ1n) is 13.7. The smallest absolute Gasteiger partial charge is 0.264 e. The average molecular weight is 661 g/mol. The fraction of sp³-hybridized carbons (Fsp3) is 0.406. The van der Waals surface area contributed by atoms with Crippen molar-refractivity contribution >= 4 is 43.5 Å². The third-order valence-corrected chi connectivity index (χ3v) is 10.2. The van der Waals surface area contributed by atoms with E-state index >= 15 is 0 Å². The Morgan fingerprint density at radius 2 is 1.80 bits per heavy atom. The van der Waals surface area contributed by atoms with Crippen LogP contribution >= 0.6 is 27.5 Å². The summed E-state index contributed by atoms with van der Waals surface area (Å²) < 4.78 is 42.7. The van der Waals surface area contributed by atoms with Gasteiger partial charge in [0.05, 0.1) is 23.0 Å². The fourth-order valence-electron chi connectivity index (χ4n) is 5.81. The Kier molecular flexibility index (Phi) is 8.09. The van der Waals surface area contributed by atoms with E-state index in [1.807, 2.05) is 32.0 Å². The van der Waals surface area contributed by atoms with Crippen LogP contribution in [0, 0.1) is 11.8 Å². The Balaban J connectivity index is 1.51. The lowest BCUT2D eigenvalue weighted by molar-refractivity contribution is -0.177. The maximum atomic E-state index is 13.8. The molecule has 2 aliphatic rings. The summed E-state index contributed by atoms with van der Waals surface area (Å²) in [6.07, 6.45) is -0.118. The highest BCUT2D eigenvalue weighted by atomic mass is 79.9. The summed E-state index contributed by atoms with van der Waals surface area (Å²) in [7, 11) is -4.10. The van der Waals surface area contributed by atoms with Crippen LogP contribution in [0.1, 0.15) is 63.8 Å². The quantitative estimate of drug-likeness (QED) is 0.309. The molecule has 0 unspecified atom stereocenters. The molecule has 0 radical (unpaired) electrons. The summed E-state index contributed by atoms with van der Waals surface area (Å²) >= 11 is 9.58. The van der Waals surface area contributed by atoms with E-state index in [2.05, 4.69) is 59.6 Å². The molecule has 0 spiro atoms. The van der Waals surface area contributed by atoms with Crippen LogP contribution in [-0.4, -0.2) is 26.0 Å². The first-order chi connectivity index (χ1) is 19.1. The lowest BCUT2D eigenvalue weighted by Crippen LogP contribution is -2.54. The predicted molar refractivity (Wildman–Crippen MR) is 164 cm³/mol. The number of sulfonamides is 1. The predicted octanol–water partition coefficient (Wildman–Crippen LogP) is 7.38. The topological polar surface area (TPSA) is 81.7 Å². The van der Waals surface area contributed by atoms with Crippen molar-refractivity contribution in [1.29, 1.82) is 0 Å². The van der Waals surface area contributed by atoms with E-state index in [4.69, 9.17) is 21.1 Å². The maximum Gasteiger partial charge on any atom is 0.264 e. The van der Waals surface area contributed by atoms with E-state index in [-0.39, 0.29) is 22.3 Å². The number of ether oxygens (including phenoxy) is 2. The van der Waals surface area contributed by atoms with Gasteiger partial charge in [-0.1, -0.05) is 78.6 Å². The molecule has 3 aromatic rings. The summed E-state index contributed by atoms with van der Waals surface area (Å²) in [6.45, 7) is 10.5. The number of nitrogens with one attached hydrogen (secondary N) is 1. The molecule has 1 saturated heterocycles. The average Bonchev–Trinajstić information content (AvgIpc) is 2.87. The second-order valence-corrected chi connectivity index (χ2v) is 15.5. The SMILES string of the molecule is CC(C)(C)c1ccc2c(c1)OC(C)(C)[C@H]1C[C@H](C(=O)NS(=O)(=O)c3cccc(Br)c3)[C@H](Cc3cccc(Cl)c3)O[C@H]21. The minimum absolute atomic E-state index is 0.00568. The van der Waals surface area contributed by atoms with Crippen LogP contribution in [0.3, 0.4) is 0 Å².